The molecule has 3 N–H and O–H groups in total. The predicted octanol–water partition coefficient (Wildman–Crippen LogP) is 2.13. The maximum atomic E-state index is 12.1. The van der Waals surface area contributed by atoms with E-state index in [1.54, 1.807) is 24.3 Å². The van der Waals surface area contributed by atoms with Crippen molar-refractivity contribution in [2.75, 3.05) is 6.61 Å². The number of aryl methyl sites for hydroxylation is 1. The summed E-state index contributed by atoms with van der Waals surface area (Å²) in [5.74, 6) is -0.523. The second kappa shape index (κ2) is 7.73. The van der Waals surface area contributed by atoms with Crippen molar-refractivity contribution in [1.29, 1.82) is 0 Å². The van der Waals surface area contributed by atoms with Gasteiger partial charge in [-0.3, -0.25) is 4.79 Å². The van der Waals surface area contributed by atoms with Crippen LogP contribution in [0.4, 0.5) is 0 Å². The highest BCUT2D eigenvalue weighted by Gasteiger charge is 2.21. The van der Waals surface area contributed by atoms with E-state index in [1.807, 2.05) is 30.3 Å². The van der Waals surface area contributed by atoms with Crippen LogP contribution in [0.15, 0.2) is 54.6 Å². The molecule has 22 heavy (non-hydrogen) atoms. The molecule has 0 aliphatic rings. The van der Waals surface area contributed by atoms with Crippen LogP contribution in [0.2, 0.25) is 0 Å². The van der Waals surface area contributed by atoms with Gasteiger partial charge >= 0.3 is 0 Å². The number of hydrogen-bond donors (Lipinski definition) is 3. The molecule has 0 saturated carbocycles. The van der Waals surface area contributed by atoms with Gasteiger partial charge in [-0.05, 0) is 23.1 Å². The fraction of sp³-hybridized carbons (Fsp3) is 0.278. The molecule has 0 aliphatic heterocycles. The molecule has 0 aromatic heterocycles. The van der Waals surface area contributed by atoms with Gasteiger partial charge in [-0.25, -0.2) is 0 Å². The van der Waals surface area contributed by atoms with E-state index in [1.165, 1.54) is 5.56 Å². The first-order chi connectivity index (χ1) is 10.7. The maximum Gasteiger partial charge on any atom is 0.254 e. The predicted molar refractivity (Wildman–Crippen MR) is 85.2 cm³/mol. The molecule has 0 bridgehead atoms. The Morgan fingerprint density at radius 1 is 1.05 bits per heavy atom. The first-order valence-electron chi connectivity index (χ1n) is 7.38. The summed E-state index contributed by atoms with van der Waals surface area (Å²) in [5.41, 5.74) is 2.53. The lowest BCUT2D eigenvalue weighted by Gasteiger charge is -2.19. The van der Waals surface area contributed by atoms with Crippen LogP contribution in [0.5, 0.6) is 0 Å². The summed E-state index contributed by atoms with van der Waals surface area (Å²) in [6.45, 7) is 1.84. The Hall–Kier alpha value is -2.17. The average molecular weight is 299 g/mol. The van der Waals surface area contributed by atoms with Crippen LogP contribution >= 0.6 is 0 Å². The third kappa shape index (κ3) is 3.93. The highest BCUT2D eigenvalue weighted by atomic mass is 16.3. The molecular formula is C18H21NO3. The molecule has 0 fully saturated rings. The van der Waals surface area contributed by atoms with Gasteiger partial charge in [0.15, 0.2) is 6.10 Å². The van der Waals surface area contributed by atoms with Gasteiger partial charge in [0.05, 0.1) is 12.6 Å². The summed E-state index contributed by atoms with van der Waals surface area (Å²) >= 11 is 0. The number of amides is 1. The fourth-order valence-electron chi connectivity index (χ4n) is 2.26. The quantitative estimate of drug-likeness (QED) is 0.765. The molecule has 0 spiro atoms. The maximum absolute atomic E-state index is 12.1. The first kappa shape index (κ1) is 16.2. The van der Waals surface area contributed by atoms with Gasteiger partial charge in [-0.15, -0.1) is 0 Å². The first-order valence-corrected chi connectivity index (χ1v) is 7.38. The topological polar surface area (TPSA) is 69.6 Å². The Kier molecular flexibility index (Phi) is 5.69. The van der Waals surface area contributed by atoms with E-state index in [2.05, 4.69) is 12.2 Å². The van der Waals surface area contributed by atoms with E-state index in [-0.39, 0.29) is 6.61 Å². The molecule has 2 atom stereocenters. The van der Waals surface area contributed by atoms with Crippen molar-refractivity contribution < 1.29 is 15.0 Å². The van der Waals surface area contributed by atoms with Crippen molar-refractivity contribution in [3.8, 4) is 0 Å². The van der Waals surface area contributed by atoms with Gasteiger partial charge in [-0.2, -0.15) is 0 Å². The summed E-state index contributed by atoms with van der Waals surface area (Å²) in [7, 11) is 0. The number of benzene rings is 2. The van der Waals surface area contributed by atoms with E-state index < -0.39 is 18.1 Å². The summed E-state index contributed by atoms with van der Waals surface area (Å²) in [6, 6.07) is 15.9. The van der Waals surface area contributed by atoms with Crippen molar-refractivity contribution in [1.82, 2.24) is 5.32 Å². The van der Waals surface area contributed by atoms with Gasteiger partial charge < -0.3 is 15.5 Å². The lowest BCUT2D eigenvalue weighted by molar-refractivity contribution is -0.130. The van der Waals surface area contributed by atoms with E-state index in [4.69, 9.17) is 0 Å². The largest absolute Gasteiger partial charge is 0.394 e. The molecule has 2 aromatic carbocycles. The van der Waals surface area contributed by atoms with Crippen LogP contribution in [0, 0.1) is 0 Å². The van der Waals surface area contributed by atoms with E-state index in [9.17, 15) is 15.0 Å². The molecule has 0 heterocycles. The molecule has 0 aliphatic carbocycles. The lowest BCUT2D eigenvalue weighted by atomic mass is 10.0. The third-order valence-corrected chi connectivity index (χ3v) is 3.65. The number of carbonyl (C=O) groups is 1. The Bertz CT molecular complexity index is 595. The molecule has 0 radical (unpaired) electrons. The van der Waals surface area contributed by atoms with Crippen LogP contribution in [0.3, 0.4) is 0 Å². The van der Waals surface area contributed by atoms with Gasteiger partial charge in [-0.1, -0.05) is 61.5 Å². The van der Waals surface area contributed by atoms with Gasteiger partial charge in [0.25, 0.3) is 5.91 Å². The average Bonchev–Trinajstić information content (AvgIpc) is 2.59. The number of hydrogen-bond acceptors (Lipinski definition) is 3. The molecule has 1 amide bonds. The second-order valence-corrected chi connectivity index (χ2v) is 5.15. The van der Waals surface area contributed by atoms with Crippen molar-refractivity contribution >= 4 is 5.91 Å². The van der Waals surface area contributed by atoms with Crippen molar-refractivity contribution in [2.45, 2.75) is 25.5 Å². The molecule has 4 heteroatoms. The number of nitrogens with one attached hydrogen (secondary N) is 1. The SMILES string of the molecule is CCc1ccc(C(CO)NC(=O)[C@@H](O)c2ccccc2)cc1. The lowest BCUT2D eigenvalue weighted by Crippen LogP contribution is -2.34. The Morgan fingerprint density at radius 2 is 1.68 bits per heavy atom. The van der Waals surface area contributed by atoms with Crippen molar-refractivity contribution in [3.63, 3.8) is 0 Å². The van der Waals surface area contributed by atoms with Crippen LogP contribution < -0.4 is 5.32 Å². The summed E-state index contributed by atoms with van der Waals surface area (Å²) in [6.07, 6.45) is -0.312. The monoisotopic (exact) mass is 299 g/mol. The van der Waals surface area contributed by atoms with Crippen LogP contribution in [0.1, 0.15) is 35.8 Å². The minimum absolute atomic E-state index is 0.223. The molecule has 1 unspecified atom stereocenters. The van der Waals surface area contributed by atoms with Crippen LogP contribution in [0.25, 0.3) is 0 Å². The molecule has 0 saturated heterocycles. The van der Waals surface area contributed by atoms with E-state index in [0.717, 1.165) is 12.0 Å². The minimum Gasteiger partial charge on any atom is -0.394 e. The Morgan fingerprint density at radius 3 is 2.23 bits per heavy atom. The number of aliphatic hydroxyl groups excluding tert-OH is 2. The number of rotatable bonds is 6. The van der Waals surface area contributed by atoms with Crippen molar-refractivity contribution in [2.24, 2.45) is 0 Å². The number of carbonyl (C=O) groups excluding carboxylic acids is 1. The summed E-state index contributed by atoms with van der Waals surface area (Å²) < 4.78 is 0. The zero-order valence-electron chi connectivity index (χ0n) is 12.6. The van der Waals surface area contributed by atoms with E-state index in [0.29, 0.717) is 5.56 Å². The van der Waals surface area contributed by atoms with Crippen LogP contribution in [-0.2, 0) is 11.2 Å². The molecule has 116 valence electrons. The third-order valence-electron chi connectivity index (χ3n) is 3.65. The second-order valence-electron chi connectivity index (χ2n) is 5.15. The summed E-state index contributed by atoms with van der Waals surface area (Å²) in [4.78, 5) is 12.1. The Labute approximate surface area is 130 Å². The van der Waals surface area contributed by atoms with Crippen LogP contribution in [-0.4, -0.2) is 22.7 Å². The Balaban J connectivity index is 2.07. The highest BCUT2D eigenvalue weighted by molar-refractivity contribution is 5.82. The zero-order valence-corrected chi connectivity index (χ0v) is 12.6. The minimum atomic E-state index is -1.25. The molecule has 2 rings (SSSR count). The van der Waals surface area contributed by atoms with Gasteiger partial charge in [0.2, 0.25) is 0 Å². The van der Waals surface area contributed by atoms with Gasteiger partial charge in [0.1, 0.15) is 0 Å². The molecular weight excluding hydrogens is 278 g/mol. The smallest absolute Gasteiger partial charge is 0.254 e. The molecule has 4 nitrogen and oxygen atoms in total. The van der Waals surface area contributed by atoms with E-state index >= 15 is 0 Å². The number of aliphatic hydroxyl groups is 2. The molecule has 2 aromatic rings. The standard InChI is InChI=1S/C18H21NO3/c1-2-13-8-10-14(11-9-13)16(12-20)19-18(22)17(21)15-6-4-3-5-7-15/h3-11,16-17,20-21H,2,12H2,1H3,(H,19,22)/t16?,17-/m0/s1. The van der Waals surface area contributed by atoms with Crippen molar-refractivity contribution in [3.05, 3.63) is 71.3 Å². The normalized spacial score (nSPS) is 13.4. The highest BCUT2D eigenvalue weighted by Crippen LogP contribution is 2.17. The van der Waals surface area contributed by atoms with Gasteiger partial charge in [0, 0.05) is 0 Å². The zero-order chi connectivity index (χ0) is 15.9. The fourth-order valence-corrected chi connectivity index (χ4v) is 2.26. The summed E-state index contributed by atoms with van der Waals surface area (Å²) in [5, 5.41) is 22.3.